The minimum Gasteiger partial charge on any atom is -0.496 e. The van der Waals surface area contributed by atoms with Crippen molar-refractivity contribution in [1.29, 1.82) is 0 Å². The summed E-state index contributed by atoms with van der Waals surface area (Å²) in [6, 6.07) is 22.6. The fourth-order valence-electron chi connectivity index (χ4n) is 3.66. The Kier molecular flexibility index (Phi) is 5.80. The molecular weight excluding hydrogens is 378 g/mol. The van der Waals surface area contributed by atoms with Gasteiger partial charge >= 0.3 is 0 Å². The monoisotopic (exact) mass is 401 g/mol. The number of imide groups is 1. The van der Waals surface area contributed by atoms with Gasteiger partial charge in [0, 0.05) is 12.1 Å². The van der Waals surface area contributed by atoms with Gasteiger partial charge < -0.3 is 9.47 Å². The van der Waals surface area contributed by atoms with Crippen LogP contribution in [0.4, 0.5) is 0 Å². The zero-order valence-corrected chi connectivity index (χ0v) is 16.8. The molecule has 0 bridgehead atoms. The van der Waals surface area contributed by atoms with Gasteiger partial charge in [-0.15, -0.1) is 0 Å². The third-order valence-electron chi connectivity index (χ3n) is 5.21. The maximum absolute atomic E-state index is 12.5. The lowest BCUT2D eigenvalue weighted by Gasteiger charge is -2.14. The molecule has 2 amide bonds. The Morgan fingerprint density at radius 1 is 0.833 bits per heavy atom. The Balaban J connectivity index is 1.33. The average Bonchev–Trinajstić information content (AvgIpc) is 3.03. The van der Waals surface area contributed by atoms with E-state index in [0.29, 0.717) is 30.7 Å². The molecule has 5 nitrogen and oxygen atoms in total. The third kappa shape index (κ3) is 4.06. The number of aryl methyl sites for hydroxylation is 1. The summed E-state index contributed by atoms with van der Waals surface area (Å²) in [6.45, 7) is 0.821. The van der Waals surface area contributed by atoms with Gasteiger partial charge in [0.05, 0.1) is 18.2 Å². The Labute approximate surface area is 175 Å². The van der Waals surface area contributed by atoms with Crippen molar-refractivity contribution < 1.29 is 19.1 Å². The van der Waals surface area contributed by atoms with Gasteiger partial charge in [0.25, 0.3) is 11.8 Å². The summed E-state index contributed by atoms with van der Waals surface area (Å²) in [5.41, 5.74) is 3.07. The molecule has 1 aliphatic rings. The number of nitrogens with zero attached hydrogens (tertiary/aromatic N) is 1. The van der Waals surface area contributed by atoms with E-state index in [9.17, 15) is 9.59 Å². The second-order valence-electron chi connectivity index (χ2n) is 7.16. The van der Waals surface area contributed by atoms with Gasteiger partial charge in [-0.1, -0.05) is 42.5 Å². The van der Waals surface area contributed by atoms with Crippen molar-refractivity contribution in [3.05, 3.63) is 95.1 Å². The van der Waals surface area contributed by atoms with Crippen molar-refractivity contribution in [3.8, 4) is 11.5 Å². The molecule has 0 saturated heterocycles. The molecule has 0 unspecified atom stereocenters. The molecular formula is C25H23NO4. The van der Waals surface area contributed by atoms with Crippen LogP contribution in [0, 0.1) is 0 Å². The second-order valence-corrected chi connectivity index (χ2v) is 7.16. The highest BCUT2D eigenvalue weighted by Crippen LogP contribution is 2.24. The fraction of sp³-hybridized carbons (Fsp3) is 0.200. The van der Waals surface area contributed by atoms with Crippen molar-refractivity contribution in [2.75, 3.05) is 13.7 Å². The summed E-state index contributed by atoms with van der Waals surface area (Å²) in [5, 5.41) is 0. The molecule has 152 valence electrons. The molecule has 5 heteroatoms. The second kappa shape index (κ2) is 8.82. The fourth-order valence-corrected chi connectivity index (χ4v) is 3.66. The molecule has 3 aromatic rings. The Morgan fingerprint density at radius 3 is 2.27 bits per heavy atom. The minimum atomic E-state index is -0.204. The van der Waals surface area contributed by atoms with Crippen molar-refractivity contribution in [1.82, 2.24) is 4.90 Å². The molecule has 4 rings (SSSR count). The van der Waals surface area contributed by atoms with E-state index in [2.05, 4.69) is 0 Å². The van der Waals surface area contributed by atoms with E-state index >= 15 is 0 Å². The van der Waals surface area contributed by atoms with Crippen LogP contribution in [0.3, 0.4) is 0 Å². The van der Waals surface area contributed by atoms with Gasteiger partial charge in [-0.05, 0) is 48.7 Å². The van der Waals surface area contributed by atoms with Gasteiger partial charge in [0.2, 0.25) is 0 Å². The van der Waals surface area contributed by atoms with Crippen LogP contribution >= 0.6 is 0 Å². The lowest BCUT2D eigenvalue weighted by molar-refractivity contribution is 0.0652. The summed E-state index contributed by atoms with van der Waals surface area (Å²) >= 11 is 0. The Bertz CT molecular complexity index is 1040. The first-order valence-electron chi connectivity index (χ1n) is 9.96. The standard InChI is InChI=1S/C25H23NO4/c1-29-23-14-5-2-10-19(23)17-30-20-11-6-8-18(16-20)9-7-15-26-24(27)21-12-3-4-13-22(21)25(26)28/h2-6,8,10-14,16H,7,9,15,17H2,1H3. The number of rotatable bonds is 8. The number of amides is 2. The molecule has 0 aliphatic carbocycles. The topological polar surface area (TPSA) is 55.8 Å². The summed E-state index contributed by atoms with van der Waals surface area (Å²) in [7, 11) is 1.65. The van der Waals surface area contributed by atoms with E-state index in [1.807, 2.05) is 48.5 Å². The molecule has 3 aromatic carbocycles. The first-order chi connectivity index (χ1) is 14.7. The molecule has 0 N–H and O–H groups in total. The van der Waals surface area contributed by atoms with Gasteiger partial charge in [0.1, 0.15) is 18.1 Å². The number of benzene rings is 3. The van der Waals surface area contributed by atoms with E-state index in [0.717, 1.165) is 29.0 Å². The van der Waals surface area contributed by atoms with Gasteiger partial charge in [0.15, 0.2) is 0 Å². The molecule has 0 aromatic heterocycles. The van der Waals surface area contributed by atoms with Crippen LogP contribution in [0.2, 0.25) is 0 Å². The van der Waals surface area contributed by atoms with Gasteiger partial charge in [-0.2, -0.15) is 0 Å². The van der Waals surface area contributed by atoms with E-state index in [1.54, 1.807) is 31.4 Å². The maximum Gasteiger partial charge on any atom is 0.261 e. The first kappa shape index (κ1) is 19.7. The number of hydrogen-bond donors (Lipinski definition) is 0. The zero-order valence-electron chi connectivity index (χ0n) is 16.8. The molecule has 0 fully saturated rings. The van der Waals surface area contributed by atoms with E-state index < -0.39 is 0 Å². The number of fused-ring (bicyclic) bond motifs is 1. The lowest BCUT2D eigenvalue weighted by atomic mass is 10.1. The lowest BCUT2D eigenvalue weighted by Crippen LogP contribution is -2.30. The average molecular weight is 401 g/mol. The van der Waals surface area contributed by atoms with E-state index in [1.165, 1.54) is 4.90 Å². The van der Waals surface area contributed by atoms with Gasteiger partial charge in [-0.3, -0.25) is 14.5 Å². The highest BCUT2D eigenvalue weighted by Gasteiger charge is 2.34. The van der Waals surface area contributed by atoms with Crippen LogP contribution < -0.4 is 9.47 Å². The number of para-hydroxylation sites is 1. The van der Waals surface area contributed by atoms with Crippen LogP contribution in [0.25, 0.3) is 0 Å². The highest BCUT2D eigenvalue weighted by molar-refractivity contribution is 6.21. The van der Waals surface area contributed by atoms with Crippen LogP contribution in [-0.2, 0) is 13.0 Å². The Morgan fingerprint density at radius 2 is 1.53 bits per heavy atom. The van der Waals surface area contributed by atoms with Crippen molar-refractivity contribution >= 4 is 11.8 Å². The van der Waals surface area contributed by atoms with E-state index in [4.69, 9.17) is 9.47 Å². The highest BCUT2D eigenvalue weighted by atomic mass is 16.5. The summed E-state index contributed by atoms with van der Waals surface area (Å²) in [5.74, 6) is 1.17. The van der Waals surface area contributed by atoms with Gasteiger partial charge in [-0.25, -0.2) is 0 Å². The third-order valence-corrected chi connectivity index (χ3v) is 5.21. The number of ether oxygens (including phenoxy) is 2. The van der Waals surface area contributed by atoms with Crippen molar-refractivity contribution in [3.63, 3.8) is 0 Å². The molecule has 30 heavy (non-hydrogen) atoms. The number of carbonyl (C=O) groups excluding carboxylic acids is 2. The molecule has 1 heterocycles. The smallest absolute Gasteiger partial charge is 0.261 e. The molecule has 0 spiro atoms. The predicted octanol–water partition coefficient (Wildman–Crippen LogP) is 4.50. The normalized spacial score (nSPS) is 12.8. The quantitative estimate of drug-likeness (QED) is 0.522. The molecule has 0 radical (unpaired) electrons. The predicted molar refractivity (Wildman–Crippen MR) is 114 cm³/mol. The largest absolute Gasteiger partial charge is 0.496 e. The van der Waals surface area contributed by atoms with Crippen LogP contribution in [0.5, 0.6) is 11.5 Å². The number of methoxy groups -OCH3 is 1. The van der Waals surface area contributed by atoms with E-state index in [-0.39, 0.29) is 11.8 Å². The SMILES string of the molecule is COc1ccccc1COc1cccc(CCCN2C(=O)c3ccccc3C2=O)c1. The molecule has 0 atom stereocenters. The maximum atomic E-state index is 12.5. The summed E-state index contributed by atoms with van der Waals surface area (Å²) < 4.78 is 11.3. The number of carbonyl (C=O) groups is 2. The van der Waals surface area contributed by atoms with Crippen LogP contribution in [0.15, 0.2) is 72.8 Å². The number of hydrogen-bond acceptors (Lipinski definition) is 4. The van der Waals surface area contributed by atoms with Crippen LogP contribution in [0.1, 0.15) is 38.3 Å². The Hall–Kier alpha value is -3.60. The zero-order chi connectivity index (χ0) is 20.9. The summed E-state index contributed by atoms with van der Waals surface area (Å²) in [6.07, 6.45) is 1.45. The molecule has 1 aliphatic heterocycles. The minimum absolute atomic E-state index is 0.204. The summed E-state index contributed by atoms with van der Waals surface area (Å²) in [4.78, 5) is 26.2. The first-order valence-corrected chi connectivity index (χ1v) is 9.96. The van der Waals surface area contributed by atoms with Crippen molar-refractivity contribution in [2.45, 2.75) is 19.4 Å². The van der Waals surface area contributed by atoms with Crippen LogP contribution in [-0.4, -0.2) is 30.4 Å². The van der Waals surface area contributed by atoms with Crippen molar-refractivity contribution in [2.24, 2.45) is 0 Å². The molecule has 0 saturated carbocycles.